The van der Waals surface area contributed by atoms with Crippen LogP contribution >= 0.6 is 0 Å². The lowest BCUT2D eigenvalue weighted by atomic mass is 10.2. The number of hydrogen-bond donors (Lipinski definition) is 0. The predicted octanol–water partition coefficient (Wildman–Crippen LogP) is 3.42. The van der Waals surface area contributed by atoms with Gasteiger partial charge in [-0.25, -0.2) is 0 Å². The number of allylic oxidation sites excluding steroid dienone is 1. The Balaban J connectivity index is 0.000000561. The molecule has 0 spiro atoms. The Morgan fingerprint density at radius 2 is 1.83 bits per heavy atom. The van der Waals surface area contributed by atoms with E-state index in [2.05, 4.69) is 31.0 Å². The zero-order chi connectivity index (χ0) is 9.40. The van der Waals surface area contributed by atoms with Gasteiger partial charge in [-0.3, -0.25) is 0 Å². The quantitative estimate of drug-likeness (QED) is 0.581. The second-order valence-electron chi connectivity index (χ2n) is 3.21. The van der Waals surface area contributed by atoms with Crippen molar-refractivity contribution in [2.75, 3.05) is 6.54 Å². The van der Waals surface area contributed by atoms with Crippen molar-refractivity contribution >= 4 is 0 Å². The molecule has 0 aromatic carbocycles. The first-order valence-electron chi connectivity index (χ1n) is 5.23. The molecule has 1 aliphatic heterocycles. The van der Waals surface area contributed by atoms with Crippen LogP contribution in [0.25, 0.3) is 0 Å². The third-order valence-electron chi connectivity index (χ3n) is 2.00. The third kappa shape index (κ3) is 4.42. The molecule has 0 aromatic rings. The van der Waals surface area contributed by atoms with E-state index in [1.165, 1.54) is 25.8 Å². The molecular formula is C11H23N. The van der Waals surface area contributed by atoms with Gasteiger partial charge >= 0.3 is 0 Å². The predicted molar refractivity (Wildman–Crippen MR) is 56.2 cm³/mol. The highest BCUT2D eigenvalue weighted by molar-refractivity contribution is 4.86. The summed E-state index contributed by atoms with van der Waals surface area (Å²) in [6.45, 7) is 9.74. The van der Waals surface area contributed by atoms with Crippen molar-refractivity contribution in [3.8, 4) is 0 Å². The molecule has 1 heterocycles. The van der Waals surface area contributed by atoms with Gasteiger partial charge in [-0.15, -0.1) is 0 Å². The molecule has 1 aliphatic rings. The maximum absolute atomic E-state index is 2.41. The summed E-state index contributed by atoms with van der Waals surface area (Å²) < 4.78 is 0. The zero-order valence-corrected chi connectivity index (χ0v) is 9.01. The molecule has 0 saturated heterocycles. The smallest absolute Gasteiger partial charge is 0.0227 e. The maximum Gasteiger partial charge on any atom is 0.0227 e. The fraction of sp³-hybridized carbons (Fsp3) is 0.818. The summed E-state index contributed by atoms with van der Waals surface area (Å²) in [5.74, 6) is 0. The minimum Gasteiger partial charge on any atom is -0.375 e. The second kappa shape index (κ2) is 7.20. The molecule has 1 heteroatoms. The summed E-state index contributed by atoms with van der Waals surface area (Å²) in [6.07, 6.45) is 8.51. The van der Waals surface area contributed by atoms with E-state index in [1.54, 1.807) is 0 Å². The van der Waals surface area contributed by atoms with Crippen molar-refractivity contribution in [3.05, 3.63) is 12.3 Å². The molecule has 1 nitrogen and oxygen atoms in total. The van der Waals surface area contributed by atoms with Crippen molar-refractivity contribution in [2.24, 2.45) is 0 Å². The van der Waals surface area contributed by atoms with Crippen molar-refractivity contribution in [3.63, 3.8) is 0 Å². The fourth-order valence-electron chi connectivity index (χ4n) is 1.27. The Kier molecular flexibility index (Phi) is 6.93. The minimum atomic E-state index is 0.675. The fourth-order valence-corrected chi connectivity index (χ4v) is 1.27. The summed E-state index contributed by atoms with van der Waals surface area (Å²) in [5, 5.41) is 0. The highest BCUT2D eigenvalue weighted by Crippen LogP contribution is 2.09. The molecule has 0 radical (unpaired) electrons. The van der Waals surface area contributed by atoms with Crippen molar-refractivity contribution in [1.82, 2.24) is 4.90 Å². The SMILES string of the molecule is CC.CC(C)N1C=CCCCC1. The lowest BCUT2D eigenvalue weighted by Gasteiger charge is -2.23. The molecule has 0 fully saturated rings. The molecule has 0 aliphatic carbocycles. The van der Waals surface area contributed by atoms with Gasteiger partial charge in [-0.1, -0.05) is 19.9 Å². The molecule has 0 amide bonds. The van der Waals surface area contributed by atoms with Crippen LogP contribution in [0.3, 0.4) is 0 Å². The topological polar surface area (TPSA) is 3.24 Å². The van der Waals surface area contributed by atoms with Crippen LogP contribution in [-0.4, -0.2) is 17.5 Å². The Hall–Kier alpha value is -0.460. The van der Waals surface area contributed by atoms with Crippen LogP contribution < -0.4 is 0 Å². The van der Waals surface area contributed by atoms with E-state index in [9.17, 15) is 0 Å². The van der Waals surface area contributed by atoms with Crippen LogP contribution in [0.1, 0.15) is 47.0 Å². The number of nitrogens with zero attached hydrogens (tertiary/aromatic N) is 1. The molecule has 12 heavy (non-hydrogen) atoms. The lowest BCUT2D eigenvalue weighted by molar-refractivity contribution is 0.311. The molecular weight excluding hydrogens is 146 g/mol. The van der Waals surface area contributed by atoms with Crippen LogP contribution in [0.15, 0.2) is 12.3 Å². The highest BCUT2D eigenvalue weighted by atomic mass is 15.1. The molecule has 72 valence electrons. The third-order valence-corrected chi connectivity index (χ3v) is 2.00. The Bertz CT molecular complexity index is 116. The van der Waals surface area contributed by atoms with E-state index < -0.39 is 0 Å². The van der Waals surface area contributed by atoms with Gasteiger partial charge < -0.3 is 4.90 Å². The van der Waals surface area contributed by atoms with Crippen LogP contribution in [0.4, 0.5) is 0 Å². The first-order valence-corrected chi connectivity index (χ1v) is 5.23. The van der Waals surface area contributed by atoms with E-state index in [-0.39, 0.29) is 0 Å². The lowest BCUT2D eigenvalue weighted by Crippen LogP contribution is -2.25. The van der Waals surface area contributed by atoms with Crippen LogP contribution in [0.5, 0.6) is 0 Å². The van der Waals surface area contributed by atoms with Gasteiger partial charge in [0.1, 0.15) is 0 Å². The molecule has 0 bridgehead atoms. The van der Waals surface area contributed by atoms with E-state index in [0.717, 1.165) is 0 Å². The maximum atomic E-state index is 2.41. The van der Waals surface area contributed by atoms with Gasteiger partial charge in [-0.05, 0) is 39.3 Å². The van der Waals surface area contributed by atoms with E-state index in [0.29, 0.717) is 6.04 Å². The molecule has 0 atom stereocenters. The molecule has 0 unspecified atom stereocenters. The normalized spacial score (nSPS) is 16.9. The zero-order valence-electron chi connectivity index (χ0n) is 9.01. The average molecular weight is 169 g/mol. The molecule has 1 rings (SSSR count). The number of rotatable bonds is 1. The standard InChI is InChI=1S/C9H17N.C2H6/c1-9(2)10-7-5-3-4-6-8-10;1-2/h5,7,9H,3-4,6,8H2,1-2H3;1-2H3. The summed E-state index contributed by atoms with van der Waals surface area (Å²) in [7, 11) is 0. The molecule has 0 N–H and O–H groups in total. The monoisotopic (exact) mass is 169 g/mol. The van der Waals surface area contributed by atoms with Gasteiger partial charge in [0.25, 0.3) is 0 Å². The summed E-state index contributed by atoms with van der Waals surface area (Å²) >= 11 is 0. The van der Waals surface area contributed by atoms with Gasteiger partial charge in [-0.2, -0.15) is 0 Å². The minimum absolute atomic E-state index is 0.675. The molecule has 0 saturated carbocycles. The highest BCUT2D eigenvalue weighted by Gasteiger charge is 2.04. The first kappa shape index (κ1) is 11.5. The summed E-state index contributed by atoms with van der Waals surface area (Å²) in [5.41, 5.74) is 0. The van der Waals surface area contributed by atoms with Gasteiger partial charge in [0.15, 0.2) is 0 Å². The van der Waals surface area contributed by atoms with Crippen LogP contribution in [0.2, 0.25) is 0 Å². The van der Waals surface area contributed by atoms with E-state index in [4.69, 9.17) is 0 Å². The Morgan fingerprint density at radius 1 is 1.17 bits per heavy atom. The van der Waals surface area contributed by atoms with E-state index >= 15 is 0 Å². The van der Waals surface area contributed by atoms with E-state index in [1.807, 2.05) is 13.8 Å². The second-order valence-corrected chi connectivity index (χ2v) is 3.21. The summed E-state index contributed by atoms with van der Waals surface area (Å²) in [6, 6.07) is 0.675. The van der Waals surface area contributed by atoms with Crippen LogP contribution in [-0.2, 0) is 0 Å². The van der Waals surface area contributed by atoms with Gasteiger partial charge in [0, 0.05) is 12.6 Å². The largest absolute Gasteiger partial charge is 0.375 e. The van der Waals surface area contributed by atoms with Crippen molar-refractivity contribution < 1.29 is 0 Å². The van der Waals surface area contributed by atoms with Crippen molar-refractivity contribution in [1.29, 1.82) is 0 Å². The first-order chi connectivity index (χ1) is 5.80. The number of hydrogen-bond acceptors (Lipinski definition) is 1. The molecule has 0 aromatic heterocycles. The Labute approximate surface area is 77.5 Å². The van der Waals surface area contributed by atoms with Gasteiger partial charge in [0.2, 0.25) is 0 Å². The van der Waals surface area contributed by atoms with Gasteiger partial charge in [0.05, 0.1) is 0 Å². The Morgan fingerprint density at radius 3 is 2.42 bits per heavy atom. The average Bonchev–Trinajstić information content (AvgIpc) is 2.35. The van der Waals surface area contributed by atoms with Crippen molar-refractivity contribution in [2.45, 2.75) is 53.0 Å². The summed E-state index contributed by atoms with van der Waals surface area (Å²) in [4.78, 5) is 2.41. The van der Waals surface area contributed by atoms with Crippen LogP contribution in [0, 0.1) is 0 Å².